The number of likely N-dealkylation sites (tertiary alicyclic amines) is 1. The molecule has 0 saturated carbocycles. The van der Waals surface area contributed by atoms with Gasteiger partial charge in [-0.05, 0) is 49.9 Å². The van der Waals surface area contributed by atoms with E-state index in [-0.39, 0.29) is 29.7 Å². The largest absolute Gasteiger partial charge is 0.360 e. The normalized spacial score (nSPS) is 21.8. The third-order valence-corrected chi connectivity index (χ3v) is 5.80. The number of aromatic nitrogens is 1. The Labute approximate surface area is 177 Å². The van der Waals surface area contributed by atoms with Crippen LogP contribution in [0.5, 0.6) is 0 Å². The number of carbonyl (C=O) groups is 1. The van der Waals surface area contributed by atoms with Crippen LogP contribution in [-0.2, 0) is 16.0 Å². The number of halogens is 2. The van der Waals surface area contributed by atoms with Crippen LogP contribution in [0.25, 0.3) is 0 Å². The van der Waals surface area contributed by atoms with E-state index in [4.69, 9.17) is 4.74 Å². The van der Waals surface area contributed by atoms with Crippen LogP contribution in [0.15, 0.2) is 48.8 Å². The molecule has 0 radical (unpaired) electrons. The molecule has 2 aromatic rings. The van der Waals surface area contributed by atoms with Crippen LogP contribution in [0.2, 0.25) is 0 Å². The third kappa shape index (κ3) is 4.94. The molecule has 0 aliphatic carbocycles. The molecule has 29 heavy (non-hydrogen) atoms. The second kappa shape index (κ2) is 9.20. The summed E-state index contributed by atoms with van der Waals surface area (Å²) in [7, 11) is 0. The number of pyridine rings is 1. The molecule has 2 saturated heterocycles. The summed E-state index contributed by atoms with van der Waals surface area (Å²) in [5.74, 6) is -0.261. The van der Waals surface area contributed by atoms with E-state index < -0.39 is 6.10 Å². The number of para-hydroxylation sites is 1. The van der Waals surface area contributed by atoms with Crippen LogP contribution in [0.3, 0.4) is 0 Å². The van der Waals surface area contributed by atoms with Gasteiger partial charge in [-0.25, -0.2) is 4.39 Å². The molecule has 1 spiro atoms. The Morgan fingerprint density at radius 1 is 1.21 bits per heavy atom. The fourth-order valence-corrected chi connectivity index (χ4v) is 4.21. The first-order chi connectivity index (χ1) is 13.5. The van der Waals surface area contributed by atoms with Crippen LogP contribution >= 0.6 is 12.4 Å². The maximum atomic E-state index is 13.3. The molecule has 2 aliphatic heterocycles. The number of carbonyl (C=O) groups excluding carboxylic acids is 1. The van der Waals surface area contributed by atoms with Gasteiger partial charge in [-0.15, -0.1) is 12.4 Å². The van der Waals surface area contributed by atoms with Crippen molar-refractivity contribution in [1.29, 1.82) is 0 Å². The summed E-state index contributed by atoms with van der Waals surface area (Å²) >= 11 is 0. The molecule has 0 N–H and O–H groups in total. The fraction of sp³-hybridized carbons (Fsp3) is 0.455. The van der Waals surface area contributed by atoms with E-state index >= 15 is 0 Å². The van der Waals surface area contributed by atoms with Crippen molar-refractivity contribution >= 4 is 24.0 Å². The highest BCUT2D eigenvalue weighted by atomic mass is 35.5. The molecule has 5 nitrogen and oxygen atoms in total. The van der Waals surface area contributed by atoms with Gasteiger partial charge in [0, 0.05) is 31.5 Å². The van der Waals surface area contributed by atoms with E-state index in [0.29, 0.717) is 6.54 Å². The zero-order valence-corrected chi connectivity index (χ0v) is 17.4. The minimum absolute atomic E-state index is 0. The van der Waals surface area contributed by atoms with Crippen molar-refractivity contribution < 1.29 is 13.9 Å². The Bertz CT molecular complexity index is 828. The van der Waals surface area contributed by atoms with E-state index in [2.05, 4.69) is 9.88 Å². The molecule has 1 unspecified atom stereocenters. The predicted octanol–water partition coefficient (Wildman–Crippen LogP) is 3.47. The van der Waals surface area contributed by atoms with Gasteiger partial charge in [-0.2, -0.15) is 0 Å². The quantitative estimate of drug-likeness (QED) is 0.761. The highest BCUT2D eigenvalue weighted by Gasteiger charge is 2.45. The number of benzene rings is 1. The van der Waals surface area contributed by atoms with Crippen molar-refractivity contribution in [2.24, 2.45) is 0 Å². The maximum Gasteiger partial charge on any atom is 0.255 e. The molecule has 1 aromatic heterocycles. The Morgan fingerprint density at radius 2 is 1.93 bits per heavy atom. The topological polar surface area (TPSA) is 45.7 Å². The number of rotatable bonds is 4. The van der Waals surface area contributed by atoms with Gasteiger partial charge in [0.05, 0.1) is 18.3 Å². The average molecular weight is 420 g/mol. The standard InChI is InChI=1S/C22H26FN3O2.ClH/c1-17-21(27)26(20-5-3-2-4-6-20)16-22(28-17)8-11-25(12-9-22)10-7-18-13-19(23)15-24-14-18;/h2-6,13-15,17H,7-12,16H2,1H3;1H. The molecule has 7 heteroatoms. The minimum Gasteiger partial charge on any atom is -0.360 e. The summed E-state index contributed by atoms with van der Waals surface area (Å²) < 4.78 is 19.5. The summed E-state index contributed by atoms with van der Waals surface area (Å²) in [5.41, 5.74) is 1.56. The maximum absolute atomic E-state index is 13.3. The minimum atomic E-state index is -0.432. The zero-order valence-electron chi connectivity index (χ0n) is 16.6. The number of hydrogen-bond acceptors (Lipinski definition) is 4. The van der Waals surface area contributed by atoms with Gasteiger partial charge < -0.3 is 14.5 Å². The van der Waals surface area contributed by atoms with Crippen LogP contribution in [0.1, 0.15) is 25.3 Å². The van der Waals surface area contributed by atoms with Crippen LogP contribution in [-0.4, -0.2) is 53.7 Å². The molecule has 1 amide bonds. The smallest absolute Gasteiger partial charge is 0.255 e. The van der Waals surface area contributed by atoms with Crippen LogP contribution < -0.4 is 4.90 Å². The van der Waals surface area contributed by atoms with Crippen molar-refractivity contribution in [3.05, 3.63) is 60.2 Å². The molecule has 1 aromatic carbocycles. The predicted molar refractivity (Wildman–Crippen MR) is 113 cm³/mol. The summed E-state index contributed by atoms with van der Waals surface area (Å²) in [6.07, 6.45) is 5.08. The lowest BCUT2D eigenvalue weighted by atomic mass is 9.88. The van der Waals surface area contributed by atoms with Gasteiger partial charge in [-0.1, -0.05) is 18.2 Å². The molecule has 4 rings (SSSR count). The SMILES string of the molecule is CC1OC2(CCN(CCc3cncc(F)c3)CC2)CN(c2ccccc2)C1=O.Cl. The lowest BCUT2D eigenvalue weighted by molar-refractivity contribution is -0.161. The van der Waals surface area contributed by atoms with Gasteiger partial charge in [0.15, 0.2) is 0 Å². The number of piperidine rings is 1. The molecule has 156 valence electrons. The molecular weight excluding hydrogens is 393 g/mol. The van der Waals surface area contributed by atoms with Crippen molar-refractivity contribution in [3.63, 3.8) is 0 Å². The highest BCUT2D eigenvalue weighted by Crippen LogP contribution is 2.35. The van der Waals surface area contributed by atoms with Gasteiger partial charge in [-0.3, -0.25) is 9.78 Å². The summed E-state index contributed by atoms with van der Waals surface area (Å²) in [6, 6.07) is 11.4. The van der Waals surface area contributed by atoms with E-state index in [9.17, 15) is 9.18 Å². The highest BCUT2D eigenvalue weighted by molar-refractivity contribution is 5.97. The Kier molecular flexibility index (Phi) is 6.88. The van der Waals surface area contributed by atoms with Gasteiger partial charge in [0.2, 0.25) is 0 Å². The number of morpholine rings is 1. The van der Waals surface area contributed by atoms with Crippen LogP contribution in [0.4, 0.5) is 10.1 Å². The van der Waals surface area contributed by atoms with Gasteiger partial charge in [0.25, 0.3) is 5.91 Å². The fourth-order valence-electron chi connectivity index (χ4n) is 4.21. The second-order valence-corrected chi connectivity index (χ2v) is 7.81. The molecule has 2 aliphatic rings. The number of hydrogen-bond donors (Lipinski definition) is 0. The van der Waals surface area contributed by atoms with Crippen LogP contribution in [0, 0.1) is 5.82 Å². The van der Waals surface area contributed by atoms with E-state index in [1.165, 1.54) is 6.20 Å². The van der Waals surface area contributed by atoms with E-state index in [0.717, 1.165) is 50.1 Å². The summed E-state index contributed by atoms with van der Waals surface area (Å²) in [4.78, 5) is 20.8. The lowest BCUT2D eigenvalue weighted by Gasteiger charge is -2.49. The number of amides is 1. The lowest BCUT2D eigenvalue weighted by Crippen LogP contribution is -2.61. The van der Waals surface area contributed by atoms with E-state index in [1.807, 2.05) is 42.2 Å². The summed E-state index contributed by atoms with van der Waals surface area (Å²) in [6.45, 7) is 5.14. The van der Waals surface area contributed by atoms with Crippen molar-refractivity contribution in [3.8, 4) is 0 Å². The van der Waals surface area contributed by atoms with Crippen molar-refractivity contribution in [1.82, 2.24) is 9.88 Å². The molecule has 2 fully saturated rings. The van der Waals surface area contributed by atoms with Crippen molar-refractivity contribution in [2.45, 2.75) is 37.9 Å². The Balaban J connectivity index is 0.00000240. The first-order valence-electron chi connectivity index (χ1n) is 9.91. The molecular formula is C22H27ClFN3O2. The first-order valence-corrected chi connectivity index (χ1v) is 9.91. The Morgan fingerprint density at radius 3 is 2.62 bits per heavy atom. The summed E-state index contributed by atoms with van der Waals surface area (Å²) in [5, 5.41) is 0. The van der Waals surface area contributed by atoms with E-state index in [1.54, 1.807) is 12.3 Å². The van der Waals surface area contributed by atoms with Gasteiger partial charge in [0.1, 0.15) is 11.9 Å². The molecule has 3 heterocycles. The van der Waals surface area contributed by atoms with Gasteiger partial charge >= 0.3 is 0 Å². The average Bonchev–Trinajstić information content (AvgIpc) is 2.71. The van der Waals surface area contributed by atoms with Crippen molar-refractivity contribution in [2.75, 3.05) is 31.1 Å². The monoisotopic (exact) mass is 419 g/mol. The number of anilines is 1. The third-order valence-electron chi connectivity index (χ3n) is 5.80. The number of nitrogens with zero attached hydrogens (tertiary/aromatic N) is 3. The molecule has 0 bridgehead atoms. The Hall–Kier alpha value is -2.02. The first kappa shape index (κ1) is 21.7. The molecule has 1 atom stereocenters. The number of ether oxygens (including phenoxy) is 1. The second-order valence-electron chi connectivity index (χ2n) is 7.81. The zero-order chi connectivity index (χ0) is 19.6.